The zero-order chi connectivity index (χ0) is 8.43. The molecule has 0 bridgehead atoms. The molecular weight excluding hydrogens is 267 g/mol. The van der Waals surface area contributed by atoms with Crippen molar-refractivity contribution in [1.82, 2.24) is 0 Å². The summed E-state index contributed by atoms with van der Waals surface area (Å²) in [6.45, 7) is 0. The number of rotatable bonds is 2. The summed E-state index contributed by atoms with van der Waals surface area (Å²) in [6.07, 6.45) is 0. The minimum atomic E-state index is -0.961. The molecule has 0 unspecified atom stereocenters. The number of hydrogen-bond acceptors (Lipinski definition) is 3. The Morgan fingerprint density at radius 1 is 1.75 bits per heavy atom. The second-order valence-corrected chi connectivity index (χ2v) is 3.49. The van der Waals surface area contributed by atoms with E-state index in [4.69, 9.17) is 9.84 Å². The molecular formula is C6H6BrClO3S. The summed E-state index contributed by atoms with van der Waals surface area (Å²) in [5.41, 5.74) is 0. The van der Waals surface area contributed by atoms with Crippen LogP contribution in [-0.2, 0) is 0 Å². The van der Waals surface area contributed by atoms with E-state index in [2.05, 4.69) is 15.9 Å². The smallest absolute Gasteiger partial charge is 0.349 e. The molecule has 0 aliphatic heterocycles. The van der Waals surface area contributed by atoms with E-state index >= 15 is 0 Å². The molecule has 0 saturated carbocycles. The van der Waals surface area contributed by atoms with E-state index in [-0.39, 0.29) is 17.3 Å². The standard InChI is InChI=1S/C6H5BrO3S.ClH/c1-10-4-3(7)2-11-5(4)6(8)9;/h2H,1H3,(H,8,9);1H. The second-order valence-electron chi connectivity index (χ2n) is 1.75. The van der Waals surface area contributed by atoms with Gasteiger partial charge in [-0.3, -0.25) is 0 Å². The quantitative estimate of drug-likeness (QED) is 0.901. The number of hydrogen-bond donors (Lipinski definition) is 1. The lowest BCUT2D eigenvalue weighted by molar-refractivity contribution is 0.0699. The highest BCUT2D eigenvalue weighted by Gasteiger charge is 2.15. The van der Waals surface area contributed by atoms with Crippen LogP contribution in [0.2, 0.25) is 0 Å². The van der Waals surface area contributed by atoms with Gasteiger partial charge in [-0.1, -0.05) is 0 Å². The van der Waals surface area contributed by atoms with Gasteiger partial charge >= 0.3 is 5.97 Å². The zero-order valence-electron chi connectivity index (χ0n) is 6.04. The van der Waals surface area contributed by atoms with Gasteiger partial charge in [-0.05, 0) is 15.9 Å². The Morgan fingerprint density at radius 3 is 2.67 bits per heavy atom. The molecule has 0 aliphatic rings. The zero-order valence-corrected chi connectivity index (χ0v) is 9.25. The number of carbonyl (C=O) groups is 1. The number of aromatic carboxylic acids is 1. The number of methoxy groups -OCH3 is 1. The Labute approximate surface area is 87.9 Å². The highest BCUT2D eigenvalue weighted by molar-refractivity contribution is 9.10. The summed E-state index contributed by atoms with van der Waals surface area (Å²) < 4.78 is 5.54. The molecule has 3 nitrogen and oxygen atoms in total. The molecule has 6 heteroatoms. The first-order valence-electron chi connectivity index (χ1n) is 2.71. The highest BCUT2D eigenvalue weighted by atomic mass is 79.9. The van der Waals surface area contributed by atoms with E-state index in [0.29, 0.717) is 10.2 Å². The summed E-state index contributed by atoms with van der Waals surface area (Å²) in [4.78, 5) is 10.7. The predicted molar refractivity (Wildman–Crippen MR) is 52.8 cm³/mol. The van der Waals surface area contributed by atoms with Gasteiger partial charge in [0.1, 0.15) is 0 Å². The van der Waals surface area contributed by atoms with Crippen LogP contribution in [0.3, 0.4) is 0 Å². The van der Waals surface area contributed by atoms with Crippen molar-refractivity contribution in [1.29, 1.82) is 0 Å². The van der Waals surface area contributed by atoms with Gasteiger partial charge in [-0.25, -0.2) is 4.79 Å². The molecule has 1 aromatic rings. The molecule has 0 fully saturated rings. The van der Waals surface area contributed by atoms with E-state index in [1.165, 1.54) is 7.11 Å². The van der Waals surface area contributed by atoms with Crippen LogP contribution < -0.4 is 4.74 Å². The van der Waals surface area contributed by atoms with Gasteiger partial charge in [0.2, 0.25) is 0 Å². The van der Waals surface area contributed by atoms with Crippen molar-refractivity contribution in [3.8, 4) is 5.75 Å². The van der Waals surface area contributed by atoms with Gasteiger partial charge in [0.15, 0.2) is 10.6 Å². The van der Waals surface area contributed by atoms with E-state index < -0.39 is 5.97 Å². The van der Waals surface area contributed by atoms with Crippen LogP contribution >= 0.6 is 39.7 Å². The van der Waals surface area contributed by atoms with Gasteiger partial charge in [0.25, 0.3) is 0 Å². The number of carboxylic acid groups (broad SMARTS) is 1. The van der Waals surface area contributed by atoms with Crippen molar-refractivity contribution in [2.75, 3.05) is 7.11 Å². The summed E-state index contributed by atoms with van der Waals surface area (Å²) in [5.74, 6) is -0.569. The molecule has 1 N–H and O–H groups in total. The molecule has 0 atom stereocenters. The normalized spacial score (nSPS) is 8.83. The number of ether oxygens (including phenoxy) is 1. The maximum absolute atomic E-state index is 10.5. The van der Waals surface area contributed by atoms with Gasteiger partial charge < -0.3 is 9.84 Å². The first-order chi connectivity index (χ1) is 5.16. The fraction of sp³-hybridized carbons (Fsp3) is 0.167. The molecule has 1 aromatic heterocycles. The Balaban J connectivity index is 0.00000121. The Bertz CT molecular complexity index is 286. The minimum absolute atomic E-state index is 0. The van der Waals surface area contributed by atoms with Crippen LogP contribution in [0.5, 0.6) is 5.75 Å². The lowest BCUT2D eigenvalue weighted by Crippen LogP contribution is -1.95. The van der Waals surface area contributed by atoms with Crippen molar-refractivity contribution in [2.45, 2.75) is 0 Å². The summed E-state index contributed by atoms with van der Waals surface area (Å²) in [5, 5.41) is 10.3. The molecule has 0 aromatic carbocycles. The largest absolute Gasteiger partial charge is 0.494 e. The first-order valence-corrected chi connectivity index (χ1v) is 4.38. The van der Waals surface area contributed by atoms with Crippen molar-refractivity contribution >= 4 is 45.6 Å². The van der Waals surface area contributed by atoms with Gasteiger partial charge in [-0.15, -0.1) is 23.7 Å². The summed E-state index contributed by atoms with van der Waals surface area (Å²) >= 11 is 4.31. The van der Waals surface area contributed by atoms with Gasteiger partial charge in [0, 0.05) is 5.38 Å². The maximum Gasteiger partial charge on any atom is 0.349 e. The molecule has 1 rings (SSSR count). The molecule has 0 spiro atoms. The highest BCUT2D eigenvalue weighted by Crippen LogP contribution is 2.34. The molecule has 0 radical (unpaired) electrons. The Kier molecular flexibility index (Phi) is 4.59. The molecule has 68 valence electrons. The van der Waals surface area contributed by atoms with Gasteiger partial charge in [-0.2, -0.15) is 0 Å². The average molecular weight is 274 g/mol. The third-order valence-corrected chi connectivity index (χ3v) is 2.94. The van der Waals surface area contributed by atoms with Crippen molar-refractivity contribution in [2.24, 2.45) is 0 Å². The molecule has 0 aliphatic carbocycles. The van der Waals surface area contributed by atoms with Crippen molar-refractivity contribution in [3.05, 3.63) is 14.7 Å². The van der Waals surface area contributed by atoms with E-state index in [1.807, 2.05) is 0 Å². The fourth-order valence-corrected chi connectivity index (χ4v) is 2.17. The van der Waals surface area contributed by atoms with Crippen LogP contribution in [-0.4, -0.2) is 18.2 Å². The third-order valence-electron chi connectivity index (χ3n) is 1.10. The molecule has 12 heavy (non-hydrogen) atoms. The van der Waals surface area contributed by atoms with Crippen molar-refractivity contribution < 1.29 is 14.6 Å². The van der Waals surface area contributed by atoms with Crippen LogP contribution in [0, 0.1) is 0 Å². The lowest BCUT2D eigenvalue weighted by atomic mass is 10.4. The monoisotopic (exact) mass is 272 g/mol. The van der Waals surface area contributed by atoms with Crippen LogP contribution in [0.1, 0.15) is 9.67 Å². The topological polar surface area (TPSA) is 46.5 Å². The van der Waals surface area contributed by atoms with E-state index in [1.54, 1.807) is 5.38 Å². The lowest BCUT2D eigenvalue weighted by Gasteiger charge is -1.97. The Morgan fingerprint density at radius 2 is 2.33 bits per heavy atom. The molecule has 1 heterocycles. The van der Waals surface area contributed by atoms with E-state index in [0.717, 1.165) is 11.3 Å². The van der Waals surface area contributed by atoms with Crippen LogP contribution in [0.4, 0.5) is 0 Å². The number of carboxylic acids is 1. The molecule has 0 amide bonds. The van der Waals surface area contributed by atoms with E-state index in [9.17, 15) is 4.79 Å². The number of thiophene rings is 1. The predicted octanol–water partition coefficient (Wildman–Crippen LogP) is 2.64. The third kappa shape index (κ3) is 2.12. The SMILES string of the molecule is COc1c(Br)csc1C(=O)O.Cl. The first kappa shape index (κ1) is 11.7. The average Bonchev–Trinajstić information content (AvgIpc) is 2.30. The number of halogens is 2. The second kappa shape index (κ2) is 4.69. The summed E-state index contributed by atoms with van der Waals surface area (Å²) in [6, 6.07) is 0. The van der Waals surface area contributed by atoms with Crippen LogP contribution in [0.25, 0.3) is 0 Å². The Hall–Kier alpha value is -0.260. The van der Waals surface area contributed by atoms with Crippen molar-refractivity contribution in [3.63, 3.8) is 0 Å². The molecule has 0 saturated heterocycles. The van der Waals surface area contributed by atoms with Crippen LogP contribution in [0.15, 0.2) is 9.85 Å². The minimum Gasteiger partial charge on any atom is -0.494 e. The fourth-order valence-electron chi connectivity index (χ4n) is 0.664. The maximum atomic E-state index is 10.5. The summed E-state index contributed by atoms with van der Waals surface area (Å²) in [7, 11) is 1.44. The van der Waals surface area contributed by atoms with Gasteiger partial charge in [0.05, 0.1) is 11.6 Å².